The Bertz CT molecular complexity index is 1210. The van der Waals surface area contributed by atoms with Crippen molar-refractivity contribution in [3.05, 3.63) is 99.2 Å². The van der Waals surface area contributed by atoms with Gasteiger partial charge >= 0.3 is 0 Å². The van der Waals surface area contributed by atoms with Crippen molar-refractivity contribution in [3.63, 3.8) is 0 Å². The van der Waals surface area contributed by atoms with Gasteiger partial charge in [-0.25, -0.2) is 4.39 Å². The minimum Gasteiger partial charge on any atom is -0.483 e. The second-order valence-electron chi connectivity index (χ2n) is 8.48. The third-order valence-electron chi connectivity index (χ3n) is 5.66. The average molecular weight is 510 g/mol. The van der Waals surface area contributed by atoms with Crippen LogP contribution >= 0.6 is 0 Å². The SMILES string of the molecule is COCCCCCCNC(=O)c1[nH]cc(C(=O)NCc2ccc(F)cc2)c(=O)c1OCc1ccccc1. The molecule has 0 spiro atoms. The highest BCUT2D eigenvalue weighted by atomic mass is 19.1. The van der Waals surface area contributed by atoms with Gasteiger partial charge in [-0.1, -0.05) is 55.3 Å². The number of hydrogen-bond donors (Lipinski definition) is 3. The van der Waals surface area contributed by atoms with Gasteiger partial charge in [0.25, 0.3) is 11.8 Å². The number of H-pyrrole nitrogens is 1. The second-order valence-corrected chi connectivity index (χ2v) is 8.48. The van der Waals surface area contributed by atoms with E-state index in [0.29, 0.717) is 18.7 Å². The minimum absolute atomic E-state index is 0.0459. The van der Waals surface area contributed by atoms with Crippen molar-refractivity contribution in [2.45, 2.75) is 38.8 Å². The Morgan fingerprint density at radius 3 is 2.35 bits per heavy atom. The molecule has 8 nitrogen and oxygen atoms in total. The molecule has 0 saturated carbocycles. The lowest BCUT2D eigenvalue weighted by atomic mass is 10.1. The fraction of sp³-hybridized carbons (Fsp3) is 0.321. The fourth-order valence-electron chi connectivity index (χ4n) is 3.61. The number of aromatic nitrogens is 1. The van der Waals surface area contributed by atoms with Gasteiger partial charge in [-0.3, -0.25) is 14.4 Å². The van der Waals surface area contributed by atoms with Crippen molar-refractivity contribution in [1.29, 1.82) is 0 Å². The molecule has 1 aromatic heterocycles. The van der Waals surface area contributed by atoms with E-state index < -0.39 is 17.2 Å². The summed E-state index contributed by atoms with van der Waals surface area (Å²) in [4.78, 5) is 41.6. The summed E-state index contributed by atoms with van der Waals surface area (Å²) in [5.74, 6) is -1.74. The number of nitrogens with one attached hydrogen (secondary N) is 3. The lowest BCUT2D eigenvalue weighted by Gasteiger charge is -2.13. The molecular weight excluding hydrogens is 477 g/mol. The third-order valence-corrected chi connectivity index (χ3v) is 5.66. The van der Waals surface area contributed by atoms with Gasteiger partial charge in [0.05, 0.1) is 0 Å². The molecule has 3 N–H and O–H groups in total. The van der Waals surface area contributed by atoms with Gasteiger partial charge in [0, 0.05) is 33.0 Å². The summed E-state index contributed by atoms with van der Waals surface area (Å²) in [6, 6.07) is 14.8. The zero-order chi connectivity index (χ0) is 26.5. The molecule has 1 heterocycles. The highest BCUT2D eigenvalue weighted by Gasteiger charge is 2.22. The Morgan fingerprint density at radius 2 is 1.62 bits per heavy atom. The predicted octanol–water partition coefficient (Wildman–Crippen LogP) is 3.96. The summed E-state index contributed by atoms with van der Waals surface area (Å²) in [6.07, 6.45) is 4.87. The molecule has 9 heteroatoms. The van der Waals surface area contributed by atoms with Gasteiger partial charge < -0.3 is 25.1 Å². The number of pyridine rings is 1. The number of methoxy groups -OCH3 is 1. The molecule has 0 bridgehead atoms. The average Bonchev–Trinajstić information content (AvgIpc) is 2.91. The van der Waals surface area contributed by atoms with Crippen molar-refractivity contribution in [2.75, 3.05) is 20.3 Å². The van der Waals surface area contributed by atoms with Crippen LogP contribution in [-0.4, -0.2) is 37.1 Å². The number of amides is 2. The Labute approximate surface area is 215 Å². The van der Waals surface area contributed by atoms with Crippen molar-refractivity contribution in [2.24, 2.45) is 0 Å². The summed E-state index contributed by atoms with van der Waals surface area (Å²) < 4.78 is 23.9. The summed E-state index contributed by atoms with van der Waals surface area (Å²) in [7, 11) is 1.67. The third kappa shape index (κ3) is 8.57. The Balaban J connectivity index is 1.72. The molecule has 196 valence electrons. The van der Waals surface area contributed by atoms with Crippen LogP contribution < -0.4 is 20.8 Å². The molecule has 3 rings (SSSR count). The van der Waals surface area contributed by atoms with Crippen molar-refractivity contribution in [1.82, 2.24) is 15.6 Å². The summed E-state index contributed by atoms with van der Waals surface area (Å²) in [5, 5.41) is 5.45. The van der Waals surface area contributed by atoms with Gasteiger partial charge in [-0.05, 0) is 36.1 Å². The maximum Gasteiger partial charge on any atom is 0.271 e. The normalized spacial score (nSPS) is 10.6. The smallest absolute Gasteiger partial charge is 0.271 e. The molecular formula is C28H32FN3O5. The predicted molar refractivity (Wildman–Crippen MR) is 138 cm³/mol. The van der Waals surface area contributed by atoms with Gasteiger partial charge in [0.15, 0.2) is 11.4 Å². The molecule has 0 fully saturated rings. The molecule has 0 saturated heterocycles. The number of benzene rings is 2. The summed E-state index contributed by atoms with van der Waals surface area (Å²) in [6.45, 7) is 1.29. The molecule has 0 radical (unpaired) electrons. The van der Waals surface area contributed by atoms with Crippen molar-refractivity contribution >= 4 is 11.8 Å². The highest BCUT2D eigenvalue weighted by molar-refractivity contribution is 5.98. The van der Waals surface area contributed by atoms with Crippen LogP contribution in [0.4, 0.5) is 4.39 Å². The number of halogens is 1. The van der Waals surface area contributed by atoms with Crippen molar-refractivity contribution in [3.8, 4) is 5.75 Å². The van der Waals surface area contributed by atoms with E-state index in [2.05, 4.69) is 15.6 Å². The van der Waals surface area contributed by atoms with Crippen LogP contribution in [0, 0.1) is 5.82 Å². The van der Waals surface area contributed by atoms with Crippen LogP contribution in [0.2, 0.25) is 0 Å². The molecule has 0 aliphatic carbocycles. The first-order valence-electron chi connectivity index (χ1n) is 12.2. The highest BCUT2D eigenvalue weighted by Crippen LogP contribution is 2.15. The maximum absolute atomic E-state index is 13.2. The molecule has 37 heavy (non-hydrogen) atoms. The van der Waals surface area contributed by atoms with E-state index in [1.807, 2.05) is 30.3 Å². The molecule has 2 aromatic carbocycles. The summed E-state index contributed by atoms with van der Waals surface area (Å²) in [5.41, 5.74) is 0.534. The van der Waals surface area contributed by atoms with Gasteiger partial charge in [0.2, 0.25) is 5.43 Å². The van der Waals surface area contributed by atoms with Crippen LogP contribution in [0.15, 0.2) is 65.6 Å². The number of carbonyl (C=O) groups excluding carboxylic acids is 2. The number of hydrogen-bond acceptors (Lipinski definition) is 5. The molecule has 0 aliphatic rings. The molecule has 2 amide bonds. The van der Waals surface area contributed by atoms with Crippen LogP contribution in [0.25, 0.3) is 0 Å². The number of ether oxygens (including phenoxy) is 2. The minimum atomic E-state index is -0.698. The van der Waals surface area contributed by atoms with E-state index in [0.717, 1.165) is 31.2 Å². The Kier molecular flexibility index (Phi) is 10.9. The van der Waals surface area contributed by atoms with Gasteiger partial charge in [-0.15, -0.1) is 0 Å². The molecule has 0 atom stereocenters. The van der Waals surface area contributed by atoms with E-state index in [1.165, 1.54) is 18.3 Å². The van der Waals surface area contributed by atoms with Crippen LogP contribution in [0.5, 0.6) is 5.75 Å². The number of carbonyl (C=O) groups is 2. The lowest BCUT2D eigenvalue weighted by Crippen LogP contribution is -2.32. The first-order valence-corrected chi connectivity index (χ1v) is 12.2. The van der Waals surface area contributed by atoms with Crippen LogP contribution in [0.1, 0.15) is 57.7 Å². The topological polar surface area (TPSA) is 110 Å². The molecule has 3 aromatic rings. The van der Waals surface area contributed by atoms with E-state index in [1.54, 1.807) is 19.2 Å². The maximum atomic E-state index is 13.2. The second kappa shape index (κ2) is 14.5. The Hall–Kier alpha value is -3.98. The number of rotatable bonds is 14. The monoisotopic (exact) mass is 509 g/mol. The van der Waals surface area contributed by atoms with Crippen LogP contribution in [-0.2, 0) is 17.9 Å². The first kappa shape index (κ1) is 27.6. The first-order chi connectivity index (χ1) is 18.0. The largest absolute Gasteiger partial charge is 0.483 e. The van der Waals surface area contributed by atoms with Gasteiger partial charge in [0.1, 0.15) is 18.0 Å². The van der Waals surface area contributed by atoms with Gasteiger partial charge in [-0.2, -0.15) is 0 Å². The fourth-order valence-corrected chi connectivity index (χ4v) is 3.61. The number of aromatic amines is 1. The van der Waals surface area contributed by atoms with E-state index >= 15 is 0 Å². The lowest BCUT2D eigenvalue weighted by molar-refractivity contribution is 0.0930. The van der Waals surface area contributed by atoms with E-state index in [4.69, 9.17) is 9.47 Å². The summed E-state index contributed by atoms with van der Waals surface area (Å²) >= 11 is 0. The zero-order valence-electron chi connectivity index (χ0n) is 20.8. The van der Waals surface area contributed by atoms with E-state index in [9.17, 15) is 18.8 Å². The quantitative estimate of drug-likeness (QED) is 0.285. The Morgan fingerprint density at radius 1 is 0.892 bits per heavy atom. The molecule has 0 unspecified atom stereocenters. The van der Waals surface area contributed by atoms with Crippen molar-refractivity contribution < 1.29 is 23.5 Å². The zero-order valence-corrected chi connectivity index (χ0v) is 20.8. The van der Waals surface area contributed by atoms with Crippen LogP contribution in [0.3, 0.4) is 0 Å². The van der Waals surface area contributed by atoms with E-state index in [-0.39, 0.29) is 36.0 Å². The number of unbranched alkanes of at least 4 members (excludes halogenated alkanes) is 3. The molecule has 0 aliphatic heterocycles. The standard InChI is InChI=1S/C28H32FN3O5/c1-36-16-8-3-2-7-15-30-28(35)24-26(37-19-21-9-5-4-6-10-21)25(33)23(18-31-24)27(34)32-17-20-11-13-22(29)14-12-20/h4-6,9-14,18H,2-3,7-8,15-17,19H2,1H3,(H,30,35)(H,31,33)(H,32,34).